The maximum Gasteiger partial charge on any atom is 0.230 e. The number of anilines is 2. The van der Waals surface area contributed by atoms with Crippen molar-refractivity contribution < 1.29 is 9.90 Å². The summed E-state index contributed by atoms with van der Waals surface area (Å²) in [4.78, 5) is 11.4. The standard InChI is InChI=1S/C10H12N2O2/c11-8-3-1-2-6-4-7(5-13)10(14)12-9(6)8/h1-3,7,13H,4-5,11H2,(H,12,14). The summed E-state index contributed by atoms with van der Waals surface area (Å²) in [7, 11) is 0. The Balaban J connectivity index is 2.40. The molecule has 0 fully saturated rings. The molecule has 1 aromatic carbocycles. The van der Waals surface area contributed by atoms with E-state index in [1.54, 1.807) is 6.07 Å². The van der Waals surface area contributed by atoms with Crippen LogP contribution in [0.15, 0.2) is 18.2 Å². The summed E-state index contributed by atoms with van der Waals surface area (Å²) in [6.07, 6.45) is 0.558. The first-order valence-electron chi connectivity index (χ1n) is 4.51. The zero-order valence-corrected chi connectivity index (χ0v) is 7.66. The van der Waals surface area contributed by atoms with Gasteiger partial charge in [-0.05, 0) is 18.1 Å². The van der Waals surface area contributed by atoms with Gasteiger partial charge >= 0.3 is 0 Å². The molecule has 1 aliphatic rings. The number of carbonyl (C=O) groups excluding carboxylic acids is 1. The van der Waals surface area contributed by atoms with Crippen LogP contribution in [-0.2, 0) is 11.2 Å². The molecule has 1 heterocycles. The lowest BCUT2D eigenvalue weighted by molar-refractivity contribution is -0.121. The highest BCUT2D eigenvalue weighted by Gasteiger charge is 2.26. The molecule has 74 valence electrons. The van der Waals surface area contributed by atoms with Crippen molar-refractivity contribution >= 4 is 17.3 Å². The first kappa shape index (κ1) is 9.02. The topological polar surface area (TPSA) is 75.3 Å². The van der Waals surface area contributed by atoms with E-state index in [1.165, 1.54) is 0 Å². The van der Waals surface area contributed by atoms with Gasteiger partial charge in [-0.15, -0.1) is 0 Å². The predicted molar refractivity (Wildman–Crippen MR) is 53.8 cm³/mol. The Morgan fingerprint density at radius 2 is 2.36 bits per heavy atom. The van der Waals surface area contributed by atoms with Gasteiger partial charge in [-0.25, -0.2) is 0 Å². The average Bonchev–Trinajstić information content (AvgIpc) is 2.19. The number of nitrogen functional groups attached to an aromatic ring is 1. The number of aliphatic hydroxyl groups excluding tert-OH is 1. The fraction of sp³-hybridized carbons (Fsp3) is 0.300. The van der Waals surface area contributed by atoms with Gasteiger partial charge in [0.2, 0.25) is 5.91 Å². The van der Waals surface area contributed by atoms with Crippen molar-refractivity contribution in [1.82, 2.24) is 0 Å². The van der Waals surface area contributed by atoms with Crippen LogP contribution in [0, 0.1) is 5.92 Å². The number of nitrogens with one attached hydrogen (secondary N) is 1. The van der Waals surface area contributed by atoms with Gasteiger partial charge in [0.1, 0.15) is 0 Å². The van der Waals surface area contributed by atoms with E-state index < -0.39 is 0 Å². The van der Waals surface area contributed by atoms with Crippen LogP contribution < -0.4 is 11.1 Å². The Kier molecular flexibility index (Phi) is 2.13. The Bertz CT molecular complexity index is 376. The molecule has 4 nitrogen and oxygen atoms in total. The van der Waals surface area contributed by atoms with Crippen LogP contribution in [0.4, 0.5) is 11.4 Å². The van der Waals surface area contributed by atoms with Gasteiger partial charge in [0.15, 0.2) is 0 Å². The van der Waals surface area contributed by atoms with Crippen LogP contribution in [0.3, 0.4) is 0 Å². The van der Waals surface area contributed by atoms with E-state index in [0.717, 1.165) is 5.56 Å². The molecule has 0 spiro atoms. The van der Waals surface area contributed by atoms with Gasteiger partial charge in [-0.1, -0.05) is 12.1 Å². The highest BCUT2D eigenvalue weighted by molar-refractivity contribution is 5.98. The highest BCUT2D eigenvalue weighted by Crippen LogP contribution is 2.30. The Morgan fingerprint density at radius 3 is 3.07 bits per heavy atom. The van der Waals surface area contributed by atoms with Crippen molar-refractivity contribution in [3.05, 3.63) is 23.8 Å². The van der Waals surface area contributed by atoms with Gasteiger partial charge < -0.3 is 16.2 Å². The van der Waals surface area contributed by atoms with E-state index in [1.807, 2.05) is 12.1 Å². The zero-order valence-electron chi connectivity index (χ0n) is 7.66. The van der Waals surface area contributed by atoms with E-state index in [4.69, 9.17) is 10.8 Å². The molecule has 0 saturated heterocycles. The third-order valence-electron chi connectivity index (χ3n) is 2.49. The smallest absolute Gasteiger partial charge is 0.230 e. The highest BCUT2D eigenvalue weighted by atomic mass is 16.3. The molecule has 1 amide bonds. The number of aliphatic hydroxyl groups is 1. The van der Waals surface area contributed by atoms with Crippen LogP contribution in [0.25, 0.3) is 0 Å². The first-order chi connectivity index (χ1) is 6.72. The van der Waals surface area contributed by atoms with Crippen LogP contribution in [0.5, 0.6) is 0 Å². The summed E-state index contributed by atoms with van der Waals surface area (Å²) in [5.74, 6) is -0.498. The second-order valence-electron chi connectivity index (χ2n) is 3.45. The SMILES string of the molecule is Nc1cccc2c1NC(=O)C(CO)C2. The molecule has 0 radical (unpaired) electrons. The lowest BCUT2D eigenvalue weighted by Gasteiger charge is -2.24. The predicted octanol–water partition coefficient (Wildman–Crippen LogP) is 0.372. The third kappa shape index (κ3) is 1.33. The number of nitrogens with two attached hydrogens (primary N) is 1. The Hall–Kier alpha value is -1.55. The fourth-order valence-corrected chi connectivity index (χ4v) is 1.67. The summed E-state index contributed by atoms with van der Waals surface area (Å²) in [6.45, 7) is -0.125. The molecule has 14 heavy (non-hydrogen) atoms. The second-order valence-corrected chi connectivity index (χ2v) is 3.45. The molecule has 1 unspecified atom stereocenters. The van der Waals surface area contributed by atoms with Crippen LogP contribution in [-0.4, -0.2) is 17.6 Å². The van der Waals surface area contributed by atoms with Crippen molar-refractivity contribution in [3.8, 4) is 0 Å². The number of para-hydroxylation sites is 1. The van der Waals surface area contributed by atoms with Gasteiger partial charge in [0, 0.05) is 0 Å². The van der Waals surface area contributed by atoms with Gasteiger partial charge in [0.05, 0.1) is 23.9 Å². The lowest BCUT2D eigenvalue weighted by Crippen LogP contribution is -2.32. The lowest BCUT2D eigenvalue weighted by atomic mass is 9.93. The number of fused-ring (bicyclic) bond motifs is 1. The van der Waals surface area contributed by atoms with Gasteiger partial charge in [-0.3, -0.25) is 4.79 Å². The molecular weight excluding hydrogens is 180 g/mol. The molecule has 2 rings (SSSR count). The Labute approximate surface area is 81.7 Å². The summed E-state index contributed by atoms with van der Waals surface area (Å²) < 4.78 is 0. The first-order valence-corrected chi connectivity index (χ1v) is 4.51. The van der Waals surface area contributed by atoms with Crippen LogP contribution >= 0.6 is 0 Å². The number of rotatable bonds is 1. The zero-order chi connectivity index (χ0) is 10.1. The molecule has 4 N–H and O–H groups in total. The molecule has 4 heteroatoms. The summed E-state index contributed by atoms with van der Waals surface area (Å²) in [5, 5.41) is 11.7. The monoisotopic (exact) mass is 192 g/mol. The number of amides is 1. The van der Waals surface area contributed by atoms with Crippen LogP contribution in [0.2, 0.25) is 0 Å². The molecule has 1 aliphatic heterocycles. The fourth-order valence-electron chi connectivity index (χ4n) is 1.67. The molecular formula is C10H12N2O2. The molecule has 0 aromatic heterocycles. The minimum atomic E-state index is -0.343. The van der Waals surface area contributed by atoms with Crippen LogP contribution in [0.1, 0.15) is 5.56 Å². The summed E-state index contributed by atoms with van der Waals surface area (Å²) in [6, 6.07) is 5.51. The maximum atomic E-state index is 11.4. The molecule has 0 aliphatic carbocycles. The van der Waals surface area contributed by atoms with E-state index >= 15 is 0 Å². The number of carbonyl (C=O) groups is 1. The van der Waals surface area contributed by atoms with E-state index in [-0.39, 0.29) is 18.4 Å². The maximum absolute atomic E-state index is 11.4. The second kappa shape index (κ2) is 3.31. The van der Waals surface area contributed by atoms with E-state index in [9.17, 15) is 4.79 Å². The molecule has 1 atom stereocenters. The van der Waals surface area contributed by atoms with Gasteiger partial charge in [-0.2, -0.15) is 0 Å². The summed E-state index contributed by atoms with van der Waals surface area (Å²) in [5.41, 5.74) is 7.98. The van der Waals surface area contributed by atoms with Crippen molar-refractivity contribution in [2.75, 3.05) is 17.7 Å². The third-order valence-corrected chi connectivity index (χ3v) is 2.49. The molecule has 0 bridgehead atoms. The minimum absolute atomic E-state index is 0.125. The number of hydrogen-bond donors (Lipinski definition) is 3. The van der Waals surface area contributed by atoms with Gasteiger partial charge in [0.25, 0.3) is 0 Å². The average molecular weight is 192 g/mol. The molecule has 1 aromatic rings. The Morgan fingerprint density at radius 1 is 1.57 bits per heavy atom. The van der Waals surface area contributed by atoms with Crippen molar-refractivity contribution in [3.63, 3.8) is 0 Å². The van der Waals surface area contributed by atoms with Crippen molar-refractivity contribution in [1.29, 1.82) is 0 Å². The van der Waals surface area contributed by atoms with Crippen molar-refractivity contribution in [2.24, 2.45) is 5.92 Å². The van der Waals surface area contributed by atoms with E-state index in [2.05, 4.69) is 5.32 Å². The van der Waals surface area contributed by atoms with E-state index in [0.29, 0.717) is 17.8 Å². The minimum Gasteiger partial charge on any atom is -0.397 e. The largest absolute Gasteiger partial charge is 0.397 e. The normalized spacial score (nSPS) is 20.1. The quantitative estimate of drug-likeness (QED) is 0.563. The number of hydrogen-bond acceptors (Lipinski definition) is 3. The molecule has 0 saturated carbocycles. The van der Waals surface area contributed by atoms with Crippen molar-refractivity contribution in [2.45, 2.75) is 6.42 Å². The summed E-state index contributed by atoms with van der Waals surface area (Å²) >= 11 is 0. The number of benzene rings is 1.